The molecule has 0 aromatic heterocycles. The zero-order chi connectivity index (χ0) is 19.0. The summed E-state index contributed by atoms with van der Waals surface area (Å²) in [4.78, 5) is 9.02. The summed E-state index contributed by atoms with van der Waals surface area (Å²) in [6, 6.07) is 11.7. The van der Waals surface area contributed by atoms with Crippen LogP contribution in [0.25, 0.3) is 0 Å². The summed E-state index contributed by atoms with van der Waals surface area (Å²) in [6.07, 6.45) is 8.20. The van der Waals surface area contributed by atoms with E-state index in [0.29, 0.717) is 0 Å². The minimum absolute atomic E-state index is 0.288. The Morgan fingerprint density at radius 2 is 1.14 bits per heavy atom. The van der Waals surface area contributed by atoms with E-state index in [0.717, 1.165) is 72.9 Å². The van der Waals surface area contributed by atoms with E-state index >= 15 is 0 Å². The number of rotatable bonds is 9. The highest BCUT2D eigenvalue weighted by molar-refractivity contribution is 5.85. The number of benzene rings is 2. The van der Waals surface area contributed by atoms with Crippen LogP contribution < -0.4 is 18.9 Å². The predicted molar refractivity (Wildman–Crippen MR) is 109 cm³/mol. The van der Waals surface area contributed by atoms with Gasteiger partial charge in [0.2, 0.25) is 13.6 Å². The van der Waals surface area contributed by atoms with Gasteiger partial charge in [0, 0.05) is 36.6 Å². The number of fused-ring (bicyclic) bond motifs is 2. The van der Waals surface area contributed by atoms with Crippen LogP contribution in [0.1, 0.15) is 36.8 Å². The molecule has 0 bridgehead atoms. The first-order chi connectivity index (χ1) is 13.9. The molecule has 0 saturated carbocycles. The quantitative estimate of drug-likeness (QED) is 0.482. The molecule has 0 amide bonds. The molecular weight excluding hydrogens is 356 g/mol. The number of hydrogen-bond donors (Lipinski definition) is 0. The van der Waals surface area contributed by atoms with E-state index in [9.17, 15) is 0 Å². The van der Waals surface area contributed by atoms with Gasteiger partial charge in [-0.1, -0.05) is 25.0 Å². The Labute approximate surface area is 164 Å². The molecule has 2 aliphatic heterocycles. The minimum atomic E-state index is 0.288. The third kappa shape index (κ3) is 4.44. The van der Waals surface area contributed by atoms with Crippen LogP contribution in [-0.4, -0.2) is 39.1 Å². The van der Waals surface area contributed by atoms with Gasteiger partial charge in [0.15, 0.2) is 23.0 Å². The van der Waals surface area contributed by atoms with E-state index in [4.69, 9.17) is 18.9 Å². The maximum atomic E-state index is 5.48. The molecule has 0 unspecified atom stereocenters. The number of unbranched alkanes of at least 4 members (excludes halogenated alkanes) is 3. The molecule has 0 N–H and O–H groups in total. The Kier molecular flexibility index (Phi) is 6.07. The second-order valence-corrected chi connectivity index (χ2v) is 6.65. The highest BCUT2D eigenvalue weighted by Gasteiger charge is 2.16. The molecule has 2 aromatic carbocycles. The van der Waals surface area contributed by atoms with E-state index in [1.54, 1.807) is 0 Å². The molecule has 6 nitrogen and oxygen atoms in total. The molecule has 28 heavy (non-hydrogen) atoms. The minimum Gasteiger partial charge on any atom is -0.454 e. The molecule has 0 saturated heterocycles. The Morgan fingerprint density at radius 1 is 0.643 bits per heavy atom. The van der Waals surface area contributed by atoms with Crippen LogP contribution in [0.3, 0.4) is 0 Å². The normalized spacial score (nSPS) is 14.4. The second-order valence-electron chi connectivity index (χ2n) is 6.65. The van der Waals surface area contributed by atoms with Gasteiger partial charge in [-0.15, -0.1) is 0 Å². The lowest BCUT2D eigenvalue weighted by atomic mass is 10.2. The van der Waals surface area contributed by atoms with E-state index < -0.39 is 0 Å². The second kappa shape index (κ2) is 9.26. The highest BCUT2D eigenvalue weighted by atomic mass is 16.7. The van der Waals surface area contributed by atoms with Gasteiger partial charge in [0.25, 0.3) is 0 Å². The molecule has 0 fully saturated rings. The largest absolute Gasteiger partial charge is 0.454 e. The van der Waals surface area contributed by atoms with E-state index in [-0.39, 0.29) is 13.6 Å². The van der Waals surface area contributed by atoms with Crippen molar-refractivity contribution in [2.45, 2.75) is 25.7 Å². The SMILES string of the molecule is C(=NCCCCCCN=Cc1cccc2c1OCO2)c1cccc2c1OCO2. The summed E-state index contributed by atoms with van der Waals surface area (Å²) < 4.78 is 21.7. The van der Waals surface area contributed by atoms with E-state index in [1.165, 1.54) is 0 Å². The van der Waals surface area contributed by atoms with Crippen molar-refractivity contribution in [1.82, 2.24) is 0 Å². The topological polar surface area (TPSA) is 61.6 Å². The molecule has 2 heterocycles. The Hall–Kier alpha value is -3.02. The van der Waals surface area contributed by atoms with Crippen LogP contribution in [0, 0.1) is 0 Å². The summed E-state index contributed by atoms with van der Waals surface area (Å²) >= 11 is 0. The standard InChI is InChI=1S/C22H24N2O4/c1(3-11-23-13-17-7-5-9-19-21(17)27-15-25-19)2-4-12-24-14-18-8-6-10-20-22(18)28-16-26-20/h5-10,13-14H,1-4,11-12,15-16H2. The van der Waals surface area contributed by atoms with Gasteiger partial charge in [-0.05, 0) is 37.1 Å². The van der Waals surface area contributed by atoms with Gasteiger partial charge >= 0.3 is 0 Å². The number of para-hydroxylation sites is 2. The summed E-state index contributed by atoms with van der Waals surface area (Å²) in [5, 5.41) is 0. The molecule has 2 aromatic rings. The average Bonchev–Trinajstić information content (AvgIpc) is 3.39. The van der Waals surface area contributed by atoms with Crippen LogP contribution in [0.4, 0.5) is 0 Å². The van der Waals surface area contributed by atoms with Crippen LogP contribution in [0.15, 0.2) is 46.4 Å². The molecular formula is C22H24N2O4. The van der Waals surface area contributed by atoms with Crippen molar-refractivity contribution in [3.05, 3.63) is 47.5 Å². The van der Waals surface area contributed by atoms with Crippen molar-refractivity contribution in [2.24, 2.45) is 9.98 Å². The van der Waals surface area contributed by atoms with Crippen molar-refractivity contribution < 1.29 is 18.9 Å². The van der Waals surface area contributed by atoms with Crippen LogP contribution in [0.2, 0.25) is 0 Å². The highest BCUT2D eigenvalue weighted by Crippen LogP contribution is 2.35. The molecule has 0 atom stereocenters. The summed E-state index contributed by atoms with van der Waals surface area (Å²) in [6.45, 7) is 2.22. The first-order valence-electron chi connectivity index (χ1n) is 9.69. The fourth-order valence-corrected chi connectivity index (χ4v) is 3.19. The Morgan fingerprint density at radius 3 is 1.64 bits per heavy atom. The summed E-state index contributed by atoms with van der Waals surface area (Å²) in [5.41, 5.74) is 1.96. The smallest absolute Gasteiger partial charge is 0.231 e. The van der Waals surface area contributed by atoms with E-state index in [1.807, 2.05) is 48.8 Å². The predicted octanol–water partition coefficient (Wildman–Crippen LogP) is 4.24. The summed E-state index contributed by atoms with van der Waals surface area (Å²) in [5.74, 6) is 3.18. The van der Waals surface area contributed by atoms with Crippen LogP contribution in [0.5, 0.6) is 23.0 Å². The van der Waals surface area contributed by atoms with Gasteiger partial charge in [0.05, 0.1) is 0 Å². The van der Waals surface area contributed by atoms with Gasteiger partial charge in [-0.2, -0.15) is 0 Å². The fourth-order valence-electron chi connectivity index (χ4n) is 3.19. The van der Waals surface area contributed by atoms with Crippen molar-refractivity contribution >= 4 is 12.4 Å². The molecule has 0 aliphatic carbocycles. The van der Waals surface area contributed by atoms with Crippen molar-refractivity contribution in [3.63, 3.8) is 0 Å². The molecule has 146 valence electrons. The third-order valence-electron chi connectivity index (χ3n) is 4.64. The lowest BCUT2D eigenvalue weighted by molar-refractivity contribution is 0.173. The first-order valence-corrected chi connectivity index (χ1v) is 9.69. The average molecular weight is 380 g/mol. The summed E-state index contributed by atoms with van der Waals surface area (Å²) in [7, 11) is 0. The molecule has 4 rings (SSSR count). The number of hydrogen-bond acceptors (Lipinski definition) is 6. The van der Waals surface area contributed by atoms with E-state index in [2.05, 4.69) is 9.98 Å². The fraction of sp³-hybridized carbons (Fsp3) is 0.364. The van der Waals surface area contributed by atoms with Crippen LogP contribution in [-0.2, 0) is 0 Å². The van der Waals surface area contributed by atoms with Gasteiger partial charge in [-0.3, -0.25) is 9.98 Å². The number of aliphatic imine (C=N–C) groups is 2. The third-order valence-corrected chi connectivity index (χ3v) is 4.64. The monoisotopic (exact) mass is 380 g/mol. The lowest BCUT2D eigenvalue weighted by Gasteiger charge is -2.01. The molecule has 6 heteroatoms. The maximum Gasteiger partial charge on any atom is 0.231 e. The molecule has 0 radical (unpaired) electrons. The molecule has 0 spiro atoms. The zero-order valence-corrected chi connectivity index (χ0v) is 15.8. The van der Waals surface area contributed by atoms with Crippen molar-refractivity contribution in [3.8, 4) is 23.0 Å². The van der Waals surface area contributed by atoms with Gasteiger partial charge < -0.3 is 18.9 Å². The Balaban J connectivity index is 1.11. The van der Waals surface area contributed by atoms with Gasteiger partial charge in [-0.25, -0.2) is 0 Å². The molecule has 2 aliphatic rings. The Bertz CT molecular complexity index is 792. The first kappa shape index (κ1) is 18.3. The lowest BCUT2D eigenvalue weighted by Crippen LogP contribution is -1.94. The maximum absolute atomic E-state index is 5.48. The van der Waals surface area contributed by atoms with Crippen LogP contribution >= 0.6 is 0 Å². The number of ether oxygens (including phenoxy) is 4. The van der Waals surface area contributed by atoms with Gasteiger partial charge in [0.1, 0.15) is 0 Å². The zero-order valence-electron chi connectivity index (χ0n) is 15.8. The van der Waals surface area contributed by atoms with Crippen molar-refractivity contribution in [1.29, 1.82) is 0 Å². The van der Waals surface area contributed by atoms with Crippen molar-refractivity contribution in [2.75, 3.05) is 26.7 Å². The number of nitrogens with zero attached hydrogens (tertiary/aromatic N) is 2.